The van der Waals surface area contributed by atoms with Gasteiger partial charge < -0.3 is 5.73 Å². The summed E-state index contributed by atoms with van der Waals surface area (Å²) >= 11 is 0. The van der Waals surface area contributed by atoms with Gasteiger partial charge >= 0.3 is 0 Å². The fraction of sp³-hybridized carbons (Fsp3) is 0. The molecule has 0 aliphatic carbocycles. The summed E-state index contributed by atoms with van der Waals surface area (Å²) in [6.45, 7) is 0. The molecule has 21 heavy (non-hydrogen) atoms. The van der Waals surface area contributed by atoms with Crippen molar-refractivity contribution in [2.45, 2.75) is 4.90 Å². The lowest BCUT2D eigenvalue weighted by Crippen LogP contribution is -2.13. The Morgan fingerprint density at radius 2 is 1.67 bits per heavy atom. The maximum atomic E-state index is 12.4. The predicted octanol–water partition coefficient (Wildman–Crippen LogP) is 2.62. The topological polar surface area (TPSA) is 85.1 Å². The number of sulfonamides is 1. The Kier molecular flexibility index (Phi) is 3.23. The highest BCUT2D eigenvalue weighted by molar-refractivity contribution is 7.92. The zero-order valence-corrected chi connectivity index (χ0v) is 11.8. The van der Waals surface area contributed by atoms with E-state index in [1.165, 1.54) is 18.3 Å². The molecule has 0 atom stereocenters. The van der Waals surface area contributed by atoms with E-state index >= 15 is 0 Å². The molecule has 2 aromatic carbocycles. The zero-order chi connectivity index (χ0) is 14.9. The molecule has 0 amide bonds. The summed E-state index contributed by atoms with van der Waals surface area (Å²) in [6, 6.07) is 13.5. The number of fused-ring (bicyclic) bond motifs is 1. The Morgan fingerprint density at radius 3 is 2.43 bits per heavy atom. The smallest absolute Gasteiger partial charge is 0.261 e. The monoisotopic (exact) mass is 299 g/mol. The van der Waals surface area contributed by atoms with Crippen LogP contribution >= 0.6 is 0 Å². The highest BCUT2D eigenvalue weighted by Gasteiger charge is 2.15. The molecule has 5 nitrogen and oxygen atoms in total. The summed E-state index contributed by atoms with van der Waals surface area (Å²) in [5, 5.41) is 1.67. The van der Waals surface area contributed by atoms with Crippen LogP contribution in [-0.2, 0) is 10.0 Å². The first-order valence-electron chi connectivity index (χ1n) is 6.27. The third kappa shape index (κ3) is 2.66. The van der Waals surface area contributed by atoms with Gasteiger partial charge in [-0.3, -0.25) is 9.71 Å². The molecule has 3 rings (SSSR count). The molecule has 0 spiro atoms. The number of rotatable bonds is 3. The number of hydrogen-bond donors (Lipinski definition) is 2. The number of nitrogens with one attached hydrogen (secondary N) is 1. The Bertz CT molecular complexity index is 885. The second kappa shape index (κ2) is 5.06. The van der Waals surface area contributed by atoms with Crippen molar-refractivity contribution in [3.05, 3.63) is 60.9 Å². The number of hydrogen-bond acceptors (Lipinski definition) is 4. The molecule has 0 bridgehead atoms. The molecule has 6 heteroatoms. The molecule has 3 N–H and O–H groups in total. The number of nitrogens with two attached hydrogens (primary N) is 1. The van der Waals surface area contributed by atoms with Crippen molar-refractivity contribution >= 4 is 32.2 Å². The van der Waals surface area contributed by atoms with E-state index < -0.39 is 10.0 Å². The molecule has 0 saturated heterocycles. The van der Waals surface area contributed by atoms with Crippen molar-refractivity contribution in [3.63, 3.8) is 0 Å². The van der Waals surface area contributed by atoms with Gasteiger partial charge in [-0.2, -0.15) is 0 Å². The normalized spacial score (nSPS) is 11.4. The number of nitrogen functional groups attached to an aromatic ring is 1. The van der Waals surface area contributed by atoms with E-state index in [-0.39, 0.29) is 4.90 Å². The predicted molar refractivity (Wildman–Crippen MR) is 83.4 cm³/mol. The van der Waals surface area contributed by atoms with Crippen molar-refractivity contribution in [2.75, 3.05) is 10.5 Å². The summed E-state index contributed by atoms with van der Waals surface area (Å²) < 4.78 is 27.3. The number of benzene rings is 2. The molecule has 0 saturated carbocycles. The van der Waals surface area contributed by atoms with Crippen LogP contribution in [0.1, 0.15) is 0 Å². The SMILES string of the molecule is Nc1ccc(S(=O)(=O)Nc2cncc3ccccc23)cc1. The molecule has 0 radical (unpaired) electrons. The maximum Gasteiger partial charge on any atom is 0.261 e. The van der Waals surface area contributed by atoms with Crippen molar-refractivity contribution in [3.8, 4) is 0 Å². The fourth-order valence-electron chi connectivity index (χ4n) is 2.05. The van der Waals surface area contributed by atoms with Crippen LogP contribution < -0.4 is 10.5 Å². The lowest BCUT2D eigenvalue weighted by molar-refractivity contribution is 0.601. The van der Waals surface area contributed by atoms with Gasteiger partial charge in [0.25, 0.3) is 10.0 Å². The average Bonchev–Trinajstić information content (AvgIpc) is 2.48. The second-order valence-corrected chi connectivity index (χ2v) is 6.27. The molecule has 0 unspecified atom stereocenters. The molecular weight excluding hydrogens is 286 g/mol. The Hall–Kier alpha value is -2.60. The second-order valence-electron chi connectivity index (χ2n) is 4.58. The van der Waals surface area contributed by atoms with Crippen LogP contribution in [0.2, 0.25) is 0 Å². The quantitative estimate of drug-likeness (QED) is 0.728. The van der Waals surface area contributed by atoms with Crippen LogP contribution in [0.4, 0.5) is 11.4 Å². The highest BCUT2D eigenvalue weighted by atomic mass is 32.2. The first-order chi connectivity index (χ1) is 10.1. The van der Waals surface area contributed by atoms with Gasteiger partial charge in [0.1, 0.15) is 0 Å². The van der Waals surface area contributed by atoms with Gasteiger partial charge in [0.15, 0.2) is 0 Å². The number of pyridine rings is 1. The van der Waals surface area contributed by atoms with Gasteiger partial charge in [-0.05, 0) is 24.3 Å². The first kappa shape index (κ1) is 13.4. The standard InChI is InChI=1S/C15H13N3O2S/c16-12-5-7-13(8-6-12)21(19,20)18-15-10-17-9-11-3-1-2-4-14(11)15/h1-10,18H,16H2. The summed E-state index contributed by atoms with van der Waals surface area (Å²) in [7, 11) is -3.67. The Morgan fingerprint density at radius 1 is 0.952 bits per heavy atom. The van der Waals surface area contributed by atoms with Crippen LogP contribution in [0.3, 0.4) is 0 Å². The third-order valence-electron chi connectivity index (χ3n) is 3.10. The molecular formula is C15H13N3O2S. The van der Waals surface area contributed by atoms with E-state index in [2.05, 4.69) is 9.71 Å². The molecule has 0 fully saturated rings. The van der Waals surface area contributed by atoms with Crippen molar-refractivity contribution in [2.24, 2.45) is 0 Å². The minimum Gasteiger partial charge on any atom is -0.399 e. The molecule has 1 aromatic heterocycles. The van der Waals surface area contributed by atoms with Gasteiger partial charge in [0, 0.05) is 22.7 Å². The number of nitrogens with zero attached hydrogens (tertiary/aromatic N) is 1. The minimum absolute atomic E-state index is 0.157. The Labute approximate surface area is 122 Å². The van der Waals surface area contributed by atoms with Crippen molar-refractivity contribution in [1.82, 2.24) is 4.98 Å². The zero-order valence-electron chi connectivity index (χ0n) is 11.0. The van der Waals surface area contributed by atoms with Crippen LogP contribution in [0.15, 0.2) is 65.8 Å². The lowest BCUT2D eigenvalue weighted by Gasteiger charge is -2.10. The van der Waals surface area contributed by atoms with Crippen molar-refractivity contribution < 1.29 is 8.42 Å². The summed E-state index contributed by atoms with van der Waals surface area (Å²) in [6.07, 6.45) is 3.19. The average molecular weight is 299 g/mol. The van der Waals surface area contributed by atoms with E-state index in [1.807, 2.05) is 24.3 Å². The van der Waals surface area contributed by atoms with Gasteiger partial charge in [-0.25, -0.2) is 8.42 Å². The van der Waals surface area contributed by atoms with Crippen LogP contribution in [0, 0.1) is 0 Å². The van der Waals surface area contributed by atoms with Crippen LogP contribution in [0.5, 0.6) is 0 Å². The third-order valence-corrected chi connectivity index (χ3v) is 4.48. The van der Waals surface area contributed by atoms with Gasteiger partial charge in [-0.15, -0.1) is 0 Å². The van der Waals surface area contributed by atoms with E-state index in [0.29, 0.717) is 11.4 Å². The number of aromatic nitrogens is 1. The first-order valence-corrected chi connectivity index (χ1v) is 7.76. The summed E-state index contributed by atoms with van der Waals surface area (Å²) in [5.41, 5.74) is 6.54. The van der Waals surface area contributed by atoms with Gasteiger partial charge in [-0.1, -0.05) is 24.3 Å². The minimum atomic E-state index is -3.67. The highest BCUT2D eigenvalue weighted by Crippen LogP contribution is 2.24. The van der Waals surface area contributed by atoms with E-state index in [0.717, 1.165) is 10.8 Å². The molecule has 3 aromatic rings. The summed E-state index contributed by atoms with van der Waals surface area (Å²) in [4.78, 5) is 4.21. The van der Waals surface area contributed by atoms with Gasteiger partial charge in [0.05, 0.1) is 16.8 Å². The van der Waals surface area contributed by atoms with Crippen LogP contribution in [-0.4, -0.2) is 13.4 Å². The molecule has 0 aliphatic heterocycles. The van der Waals surface area contributed by atoms with Crippen LogP contribution in [0.25, 0.3) is 10.8 Å². The summed E-state index contributed by atoms with van der Waals surface area (Å²) in [5.74, 6) is 0. The van der Waals surface area contributed by atoms with E-state index in [1.54, 1.807) is 18.3 Å². The molecule has 1 heterocycles. The largest absolute Gasteiger partial charge is 0.399 e. The van der Waals surface area contributed by atoms with Crippen molar-refractivity contribution in [1.29, 1.82) is 0 Å². The van der Waals surface area contributed by atoms with Gasteiger partial charge in [0.2, 0.25) is 0 Å². The lowest BCUT2D eigenvalue weighted by atomic mass is 10.1. The maximum absolute atomic E-state index is 12.4. The van der Waals surface area contributed by atoms with E-state index in [4.69, 9.17) is 5.73 Å². The van der Waals surface area contributed by atoms with E-state index in [9.17, 15) is 8.42 Å². The number of anilines is 2. The molecule has 106 valence electrons. The Balaban J connectivity index is 2.03. The molecule has 0 aliphatic rings. The fourth-order valence-corrected chi connectivity index (χ4v) is 3.11.